The van der Waals surface area contributed by atoms with Gasteiger partial charge < -0.3 is 0 Å². The van der Waals surface area contributed by atoms with Gasteiger partial charge in [-0.05, 0) is 12.5 Å². The third-order valence-corrected chi connectivity index (χ3v) is 2.51. The number of halogens is 2. The summed E-state index contributed by atoms with van der Waals surface area (Å²) in [7, 11) is 0. The Morgan fingerprint density at radius 2 is 1.94 bits per heavy atom. The van der Waals surface area contributed by atoms with E-state index in [4.69, 9.17) is 0 Å². The molecule has 0 bridgehead atoms. The van der Waals surface area contributed by atoms with Gasteiger partial charge in [0.25, 0.3) is 12.0 Å². The minimum Gasteiger partial charge on any atom is -0.294 e. The van der Waals surface area contributed by atoms with Gasteiger partial charge in [-0.1, -0.05) is 29.8 Å². The normalized spacial score (nSPS) is 11.1. The van der Waals surface area contributed by atoms with Crippen LogP contribution in [-0.4, -0.2) is 9.78 Å². The topological polar surface area (TPSA) is 37.8 Å². The van der Waals surface area contributed by atoms with Gasteiger partial charge in [-0.15, -0.1) is 0 Å². The first-order valence-corrected chi connectivity index (χ1v) is 5.19. The summed E-state index contributed by atoms with van der Waals surface area (Å²) in [5.74, 6) is 0. The fraction of sp³-hybridized carbons (Fsp3) is 0.250. The lowest BCUT2D eigenvalue weighted by Crippen LogP contribution is -2.16. The van der Waals surface area contributed by atoms with Gasteiger partial charge in [0.2, 0.25) is 0 Å². The molecule has 1 N–H and O–H groups in total. The predicted molar refractivity (Wildman–Crippen MR) is 60.3 cm³/mol. The van der Waals surface area contributed by atoms with Crippen molar-refractivity contribution in [3.63, 3.8) is 0 Å². The van der Waals surface area contributed by atoms with Crippen molar-refractivity contribution in [2.45, 2.75) is 19.9 Å². The molecule has 0 radical (unpaired) electrons. The fourth-order valence-electron chi connectivity index (χ4n) is 1.56. The van der Waals surface area contributed by atoms with Crippen LogP contribution in [0.4, 0.5) is 8.78 Å². The summed E-state index contributed by atoms with van der Waals surface area (Å²) in [6.45, 7) is 2.23. The number of hydrogen-bond acceptors (Lipinski definition) is 1. The quantitative estimate of drug-likeness (QED) is 0.876. The number of aromatic amines is 1. The van der Waals surface area contributed by atoms with Crippen LogP contribution in [0.5, 0.6) is 0 Å². The number of H-pyrrole nitrogens is 1. The first-order chi connectivity index (χ1) is 8.06. The molecule has 1 heterocycles. The van der Waals surface area contributed by atoms with Gasteiger partial charge in [0.05, 0.1) is 6.54 Å². The van der Waals surface area contributed by atoms with E-state index in [-0.39, 0.29) is 12.2 Å². The molecule has 0 aliphatic heterocycles. The molecule has 0 aliphatic carbocycles. The Morgan fingerprint density at radius 1 is 1.29 bits per heavy atom. The van der Waals surface area contributed by atoms with Crippen LogP contribution in [-0.2, 0) is 6.54 Å². The molecule has 90 valence electrons. The fourth-order valence-corrected chi connectivity index (χ4v) is 1.56. The molecular weight excluding hydrogens is 226 g/mol. The van der Waals surface area contributed by atoms with E-state index in [2.05, 4.69) is 5.10 Å². The zero-order valence-corrected chi connectivity index (χ0v) is 9.28. The third-order valence-electron chi connectivity index (χ3n) is 2.51. The molecular formula is C12H12F2N2O. The Hall–Kier alpha value is -1.91. The van der Waals surface area contributed by atoms with Crippen molar-refractivity contribution < 1.29 is 8.78 Å². The number of nitrogens with zero attached hydrogens (tertiary/aromatic N) is 1. The maximum Gasteiger partial charge on any atom is 0.279 e. The summed E-state index contributed by atoms with van der Waals surface area (Å²) in [4.78, 5) is 11.4. The Bertz CT molecular complexity index is 555. The van der Waals surface area contributed by atoms with Crippen molar-refractivity contribution in [1.29, 1.82) is 0 Å². The van der Waals surface area contributed by atoms with Crippen LogP contribution in [0.25, 0.3) is 0 Å². The SMILES string of the molecule is Cc1ccc(Cn2[nH]c(C(F)F)cc2=O)cc1. The molecule has 5 heteroatoms. The predicted octanol–water partition coefficient (Wildman–Crippen LogP) is 2.47. The van der Waals surface area contributed by atoms with E-state index in [0.29, 0.717) is 0 Å². The first kappa shape index (κ1) is 11.6. The molecule has 0 atom stereocenters. The summed E-state index contributed by atoms with van der Waals surface area (Å²) >= 11 is 0. The number of rotatable bonds is 3. The van der Waals surface area contributed by atoms with Crippen LogP contribution in [0.3, 0.4) is 0 Å². The number of nitrogens with one attached hydrogen (secondary N) is 1. The second-order valence-corrected chi connectivity index (χ2v) is 3.92. The standard InChI is InChI=1S/C12H12F2N2O/c1-8-2-4-9(5-3-8)7-16-11(17)6-10(15-16)12(13)14/h2-6,12,15H,7H2,1H3. The van der Waals surface area contributed by atoms with Crippen molar-refractivity contribution in [1.82, 2.24) is 9.78 Å². The average molecular weight is 238 g/mol. The van der Waals surface area contributed by atoms with Crippen LogP contribution in [0.2, 0.25) is 0 Å². The highest BCUT2D eigenvalue weighted by atomic mass is 19.3. The Balaban J connectivity index is 2.24. The van der Waals surface area contributed by atoms with Crippen molar-refractivity contribution in [3.05, 3.63) is 57.5 Å². The third kappa shape index (κ3) is 2.61. The molecule has 0 amide bonds. The molecule has 3 nitrogen and oxygen atoms in total. The van der Waals surface area contributed by atoms with E-state index in [9.17, 15) is 13.6 Å². The van der Waals surface area contributed by atoms with Crippen LogP contribution in [0.1, 0.15) is 23.2 Å². The smallest absolute Gasteiger partial charge is 0.279 e. The molecule has 0 saturated carbocycles. The Kier molecular flexibility index (Phi) is 3.08. The minimum atomic E-state index is -2.65. The molecule has 2 rings (SSSR count). The molecule has 1 aromatic heterocycles. The van der Waals surface area contributed by atoms with Gasteiger partial charge in [-0.25, -0.2) is 13.5 Å². The number of benzene rings is 1. The van der Waals surface area contributed by atoms with Crippen LogP contribution < -0.4 is 5.56 Å². The largest absolute Gasteiger partial charge is 0.294 e. The van der Waals surface area contributed by atoms with Crippen LogP contribution in [0.15, 0.2) is 35.1 Å². The highest BCUT2D eigenvalue weighted by Gasteiger charge is 2.12. The molecule has 0 aliphatic rings. The second kappa shape index (κ2) is 4.53. The van der Waals surface area contributed by atoms with E-state index in [1.807, 2.05) is 31.2 Å². The van der Waals surface area contributed by atoms with E-state index < -0.39 is 12.0 Å². The number of aryl methyl sites for hydroxylation is 1. The highest BCUT2D eigenvalue weighted by molar-refractivity contribution is 5.21. The van der Waals surface area contributed by atoms with Gasteiger partial charge in [0.1, 0.15) is 5.69 Å². The van der Waals surface area contributed by atoms with Gasteiger partial charge >= 0.3 is 0 Å². The van der Waals surface area contributed by atoms with E-state index in [1.54, 1.807) is 0 Å². The zero-order chi connectivity index (χ0) is 12.4. The van der Waals surface area contributed by atoms with Crippen LogP contribution >= 0.6 is 0 Å². The lowest BCUT2D eigenvalue weighted by molar-refractivity contribution is 0.145. The summed E-state index contributed by atoms with van der Waals surface area (Å²) in [6.07, 6.45) is -2.65. The maximum absolute atomic E-state index is 12.4. The summed E-state index contributed by atoms with van der Waals surface area (Å²) in [5.41, 5.74) is 1.21. The number of aromatic nitrogens is 2. The van der Waals surface area contributed by atoms with Crippen molar-refractivity contribution in [3.8, 4) is 0 Å². The molecule has 1 aromatic carbocycles. The molecule has 0 fully saturated rings. The van der Waals surface area contributed by atoms with Crippen LogP contribution in [0, 0.1) is 6.92 Å². The monoisotopic (exact) mass is 238 g/mol. The minimum absolute atomic E-state index is 0.270. The molecule has 2 aromatic rings. The summed E-state index contributed by atoms with van der Waals surface area (Å²) in [6, 6.07) is 8.49. The summed E-state index contributed by atoms with van der Waals surface area (Å²) in [5, 5.41) is 2.40. The van der Waals surface area contributed by atoms with Crippen molar-refractivity contribution >= 4 is 0 Å². The lowest BCUT2D eigenvalue weighted by atomic mass is 10.1. The Morgan fingerprint density at radius 3 is 2.47 bits per heavy atom. The maximum atomic E-state index is 12.4. The van der Waals surface area contributed by atoms with Gasteiger partial charge in [0.15, 0.2) is 0 Å². The zero-order valence-electron chi connectivity index (χ0n) is 9.28. The van der Waals surface area contributed by atoms with E-state index in [1.165, 1.54) is 4.68 Å². The molecule has 0 saturated heterocycles. The van der Waals surface area contributed by atoms with Gasteiger partial charge in [0, 0.05) is 6.07 Å². The van der Waals surface area contributed by atoms with Gasteiger partial charge in [-0.2, -0.15) is 0 Å². The number of alkyl halides is 2. The summed E-state index contributed by atoms with van der Waals surface area (Å²) < 4.78 is 25.9. The molecule has 17 heavy (non-hydrogen) atoms. The molecule has 0 spiro atoms. The van der Waals surface area contributed by atoms with E-state index in [0.717, 1.165) is 17.2 Å². The lowest BCUT2D eigenvalue weighted by Gasteiger charge is -2.03. The second-order valence-electron chi connectivity index (χ2n) is 3.92. The van der Waals surface area contributed by atoms with Gasteiger partial charge in [-0.3, -0.25) is 9.89 Å². The van der Waals surface area contributed by atoms with E-state index >= 15 is 0 Å². The molecule has 0 unspecified atom stereocenters. The first-order valence-electron chi connectivity index (χ1n) is 5.19. The average Bonchev–Trinajstić information content (AvgIpc) is 2.64. The van der Waals surface area contributed by atoms with Crippen molar-refractivity contribution in [2.75, 3.05) is 0 Å². The number of hydrogen-bond donors (Lipinski definition) is 1. The Labute approximate surface area is 96.7 Å². The highest BCUT2D eigenvalue weighted by Crippen LogP contribution is 2.14. The van der Waals surface area contributed by atoms with Crippen molar-refractivity contribution in [2.24, 2.45) is 0 Å².